The van der Waals surface area contributed by atoms with Gasteiger partial charge >= 0.3 is 5.97 Å². The van der Waals surface area contributed by atoms with E-state index in [1.807, 2.05) is 67.6 Å². The van der Waals surface area contributed by atoms with Gasteiger partial charge in [-0.2, -0.15) is 10.2 Å². The minimum absolute atomic E-state index is 0. The molecule has 2 aliphatic carbocycles. The van der Waals surface area contributed by atoms with E-state index in [2.05, 4.69) is 55.4 Å². The lowest BCUT2D eigenvalue weighted by molar-refractivity contribution is -0.138. The van der Waals surface area contributed by atoms with E-state index >= 15 is 0 Å². The average Bonchev–Trinajstić information content (AvgIpc) is 4.14. The molecule has 0 saturated heterocycles. The number of anilines is 2. The zero-order chi connectivity index (χ0) is 39.8. The maximum absolute atomic E-state index is 12.7. The summed E-state index contributed by atoms with van der Waals surface area (Å²) in [5.74, 6) is -0.787. The van der Waals surface area contributed by atoms with Crippen LogP contribution in [0.2, 0.25) is 0 Å². The third-order valence-corrected chi connectivity index (χ3v) is 10.9. The van der Waals surface area contributed by atoms with Crippen molar-refractivity contribution in [2.75, 3.05) is 11.1 Å². The summed E-state index contributed by atoms with van der Waals surface area (Å²) in [6.07, 6.45) is 6.67. The van der Waals surface area contributed by atoms with Crippen LogP contribution in [0, 0.1) is 11.8 Å². The van der Waals surface area contributed by atoms with Gasteiger partial charge in [-0.1, -0.05) is 74.5 Å². The standard InChI is InChI=1S/C22H20N4O2.C12H12N4O.C10H10O2.ClH/c1-2-18-17-11-23-26-22(28)16-8-13(9-19(25-18)20(16)17)24-21(27)15-10-14(15)12-6-4-3-5-7-12;1-2-9-8-5-14-16-12(17)7-3-6(13)4-10(15-9)11(7)8;11-10(12)9-6-8(9)7-4-2-1-3-5-7;/h3-9,11,14-15,25H,2,10H2,1H3,(H,24,27)(H,26,28);3-5,15H,2,13H2,1H3,(H,16,17);1-5,8-9H,6H2,(H,11,12);1H/t14-,15+;;8-,9+;/m0.0./s1. The number of aliphatic carboxylic acids is 1. The van der Waals surface area contributed by atoms with Crippen LogP contribution in [0.3, 0.4) is 0 Å². The topological polar surface area (TPSA) is 207 Å². The first-order chi connectivity index (χ1) is 27.6. The smallest absolute Gasteiger partial charge is 0.307 e. The highest BCUT2D eigenvalue weighted by molar-refractivity contribution is 6.17. The first-order valence-corrected chi connectivity index (χ1v) is 19.1. The number of halogens is 1. The molecular formula is C44H43ClN8O5. The summed E-state index contributed by atoms with van der Waals surface area (Å²) in [4.78, 5) is 54.2. The van der Waals surface area contributed by atoms with E-state index in [0.717, 1.165) is 75.6 Å². The van der Waals surface area contributed by atoms with Crippen molar-refractivity contribution in [1.29, 1.82) is 0 Å². The number of amides is 3. The fourth-order valence-electron chi connectivity index (χ4n) is 7.87. The van der Waals surface area contributed by atoms with E-state index < -0.39 is 5.97 Å². The number of rotatable bonds is 7. The number of nitrogens with one attached hydrogen (secondary N) is 5. The Morgan fingerprint density at radius 2 is 1.21 bits per heavy atom. The van der Waals surface area contributed by atoms with Crippen molar-refractivity contribution in [3.63, 3.8) is 0 Å². The van der Waals surface area contributed by atoms with Gasteiger partial charge in [0.1, 0.15) is 0 Å². The lowest BCUT2D eigenvalue weighted by Gasteiger charge is -2.08. The van der Waals surface area contributed by atoms with Crippen LogP contribution >= 0.6 is 12.4 Å². The van der Waals surface area contributed by atoms with Crippen molar-refractivity contribution < 1.29 is 24.3 Å². The lowest BCUT2D eigenvalue weighted by Crippen LogP contribution is -2.18. The summed E-state index contributed by atoms with van der Waals surface area (Å²) in [7, 11) is 0. The van der Waals surface area contributed by atoms with Crippen molar-refractivity contribution in [1.82, 2.24) is 20.8 Å². The third-order valence-electron chi connectivity index (χ3n) is 10.9. The van der Waals surface area contributed by atoms with Crippen molar-refractivity contribution >= 4 is 81.7 Å². The van der Waals surface area contributed by atoms with Crippen molar-refractivity contribution in [3.8, 4) is 0 Å². The Morgan fingerprint density at radius 3 is 1.71 bits per heavy atom. The van der Waals surface area contributed by atoms with Crippen LogP contribution < -0.4 is 21.9 Å². The molecule has 4 aromatic carbocycles. The van der Waals surface area contributed by atoms with Gasteiger partial charge in [0, 0.05) is 61.6 Å². The fraction of sp³-hybridized carbons (Fsp3) is 0.227. The predicted octanol–water partition coefficient (Wildman–Crippen LogP) is 7.24. The quantitative estimate of drug-likeness (QED) is 0.0829. The number of nitrogens with zero attached hydrogens (tertiary/aromatic N) is 2. The number of carbonyl (C=O) groups excluding carboxylic acids is 3. The maximum atomic E-state index is 12.7. The molecular weight excluding hydrogens is 756 g/mol. The minimum Gasteiger partial charge on any atom is -0.481 e. The highest BCUT2D eigenvalue weighted by atomic mass is 35.5. The minimum atomic E-state index is -0.663. The van der Waals surface area contributed by atoms with E-state index in [0.29, 0.717) is 22.5 Å². The number of carbonyl (C=O) groups is 4. The maximum Gasteiger partial charge on any atom is 0.307 e. The number of nitrogens with two attached hydrogens (primary N) is 1. The summed E-state index contributed by atoms with van der Waals surface area (Å²) >= 11 is 0. The molecule has 0 spiro atoms. The SMILES string of the molecule is CCc1[nH]c2cc(N)cc3c2c1C=NNC3=O.CCc1[nH]c2cc(NC(=O)[C@@H]3C[C@H]3c3ccccc3)cc3c2c1C=NNC3=O.Cl.O=C(O)[C@@H]1C[C@H]1c1ccccc1. The molecule has 0 unspecified atom stereocenters. The van der Waals surface area contributed by atoms with Gasteiger partial charge in [0.2, 0.25) is 5.91 Å². The first kappa shape index (κ1) is 39.5. The van der Waals surface area contributed by atoms with Crippen molar-refractivity contribution in [2.24, 2.45) is 22.0 Å². The predicted molar refractivity (Wildman–Crippen MR) is 228 cm³/mol. The number of benzene rings is 4. The van der Waals surface area contributed by atoms with Crippen LogP contribution in [0.15, 0.2) is 95.1 Å². The second-order valence-electron chi connectivity index (χ2n) is 14.6. The number of hydrazone groups is 2. The largest absolute Gasteiger partial charge is 0.481 e. The van der Waals surface area contributed by atoms with E-state index in [1.54, 1.807) is 24.6 Å². The Bertz CT molecular complexity index is 2620. The molecule has 3 amide bonds. The van der Waals surface area contributed by atoms with E-state index in [1.165, 1.54) is 5.56 Å². The van der Waals surface area contributed by atoms with Gasteiger partial charge in [0.25, 0.3) is 11.8 Å². The van der Waals surface area contributed by atoms with Crippen molar-refractivity contribution in [3.05, 3.63) is 130 Å². The van der Waals surface area contributed by atoms with Gasteiger partial charge < -0.3 is 26.1 Å². The fourth-order valence-corrected chi connectivity index (χ4v) is 7.87. The van der Waals surface area contributed by atoms with Crippen LogP contribution in [0.1, 0.15) is 92.9 Å². The van der Waals surface area contributed by atoms with E-state index in [-0.39, 0.29) is 53.8 Å². The molecule has 6 aromatic rings. The Hall–Kier alpha value is -6.73. The Labute approximate surface area is 340 Å². The summed E-state index contributed by atoms with van der Waals surface area (Å²) in [6.45, 7) is 4.10. The number of hydrogen-bond acceptors (Lipinski definition) is 7. The number of aryl methyl sites for hydroxylation is 2. The summed E-state index contributed by atoms with van der Waals surface area (Å²) in [5.41, 5.74) is 21.1. The van der Waals surface area contributed by atoms with Gasteiger partial charge in [-0.25, -0.2) is 10.9 Å². The number of aromatic nitrogens is 2. The highest BCUT2D eigenvalue weighted by Crippen LogP contribution is 2.48. The Morgan fingerprint density at radius 1 is 0.724 bits per heavy atom. The Kier molecular flexibility index (Phi) is 11.2. The van der Waals surface area contributed by atoms with Crippen LogP contribution in [0.25, 0.3) is 21.8 Å². The molecule has 2 fully saturated rings. The molecule has 4 heterocycles. The number of nitrogen functional groups attached to an aromatic ring is 1. The van der Waals surface area contributed by atoms with E-state index in [4.69, 9.17) is 10.8 Å². The van der Waals surface area contributed by atoms with Crippen molar-refractivity contribution in [2.45, 2.75) is 51.4 Å². The normalized spacial score (nSPS) is 19.2. The second-order valence-corrected chi connectivity index (χ2v) is 14.6. The number of carboxylic acid groups (broad SMARTS) is 1. The zero-order valence-corrected chi connectivity index (χ0v) is 32.7. The monoisotopic (exact) mass is 798 g/mol. The van der Waals surface area contributed by atoms with Crippen LogP contribution in [-0.4, -0.2) is 51.2 Å². The molecule has 0 radical (unpaired) electrons. The molecule has 296 valence electrons. The van der Waals surface area contributed by atoms with Gasteiger partial charge in [0.05, 0.1) is 29.5 Å². The van der Waals surface area contributed by atoms with Crippen LogP contribution in [0.5, 0.6) is 0 Å². The molecule has 58 heavy (non-hydrogen) atoms. The molecule has 4 aliphatic rings. The van der Waals surface area contributed by atoms with Gasteiger partial charge in [0.15, 0.2) is 0 Å². The van der Waals surface area contributed by atoms with Crippen LogP contribution in [0.4, 0.5) is 11.4 Å². The molecule has 2 saturated carbocycles. The molecule has 2 aromatic heterocycles. The zero-order valence-electron chi connectivity index (χ0n) is 31.8. The highest BCUT2D eigenvalue weighted by Gasteiger charge is 2.44. The van der Waals surface area contributed by atoms with E-state index in [9.17, 15) is 19.2 Å². The third kappa shape index (κ3) is 7.81. The molecule has 14 heteroatoms. The molecule has 8 N–H and O–H groups in total. The summed E-state index contributed by atoms with van der Waals surface area (Å²) in [6, 6.07) is 27.1. The Balaban J connectivity index is 0.000000145. The molecule has 13 nitrogen and oxygen atoms in total. The number of H-pyrrole nitrogens is 2. The molecule has 0 bridgehead atoms. The second kappa shape index (κ2) is 16.4. The van der Waals surface area contributed by atoms with Gasteiger partial charge in [-0.15, -0.1) is 12.4 Å². The number of aromatic amines is 2. The molecule has 4 atom stereocenters. The summed E-state index contributed by atoms with van der Waals surface area (Å²) < 4.78 is 0. The average molecular weight is 799 g/mol. The first-order valence-electron chi connectivity index (χ1n) is 19.1. The number of carboxylic acids is 1. The lowest BCUT2D eigenvalue weighted by atomic mass is 10.0. The summed E-state index contributed by atoms with van der Waals surface area (Å²) in [5, 5.41) is 21.4. The van der Waals surface area contributed by atoms with Gasteiger partial charge in [-0.05, 0) is 72.9 Å². The van der Waals surface area contributed by atoms with Crippen LogP contribution in [-0.2, 0) is 22.4 Å². The number of hydrogen-bond donors (Lipinski definition) is 7. The molecule has 2 aliphatic heterocycles. The van der Waals surface area contributed by atoms with Gasteiger partial charge in [-0.3, -0.25) is 19.2 Å². The molecule has 10 rings (SSSR count).